The Morgan fingerprint density at radius 1 is 1.50 bits per heavy atom. The highest BCUT2D eigenvalue weighted by atomic mass is 35.5. The van der Waals surface area contributed by atoms with Crippen LogP contribution in [0.25, 0.3) is 0 Å². The van der Waals surface area contributed by atoms with Crippen LogP contribution < -0.4 is 5.73 Å². The molecule has 0 radical (unpaired) electrons. The lowest BCUT2D eigenvalue weighted by Crippen LogP contribution is -2.39. The van der Waals surface area contributed by atoms with Gasteiger partial charge in [0, 0.05) is 23.9 Å². The highest BCUT2D eigenvalue weighted by molar-refractivity contribution is 7.99. The molecule has 1 amide bonds. The molecule has 1 aliphatic heterocycles. The van der Waals surface area contributed by atoms with Gasteiger partial charge in [0.2, 0.25) is 0 Å². The first-order valence-electron chi connectivity index (χ1n) is 5.85. The summed E-state index contributed by atoms with van der Waals surface area (Å²) >= 11 is 7.68. The number of hydrogen-bond acceptors (Lipinski definition) is 4. The van der Waals surface area contributed by atoms with Gasteiger partial charge in [-0.1, -0.05) is 11.6 Å². The lowest BCUT2D eigenvalue weighted by molar-refractivity contribution is 0.0727. The topological polar surface area (TPSA) is 59.2 Å². The van der Waals surface area contributed by atoms with E-state index in [4.69, 9.17) is 17.3 Å². The normalized spacial score (nSPS) is 16.9. The fourth-order valence-electron chi connectivity index (χ4n) is 2.12. The molecule has 1 fully saturated rings. The zero-order chi connectivity index (χ0) is 13.1. The van der Waals surface area contributed by atoms with Crippen molar-refractivity contribution >= 4 is 35.1 Å². The molecule has 0 atom stereocenters. The largest absolute Gasteiger partial charge is 0.384 e. The summed E-state index contributed by atoms with van der Waals surface area (Å²) in [5, 5.41) is 0.928. The molecule has 1 saturated heterocycles. The van der Waals surface area contributed by atoms with Gasteiger partial charge in [0.15, 0.2) is 0 Å². The second-order valence-electron chi connectivity index (χ2n) is 4.33. The summed E-state index contributed by atoms with van der Waals surface area (Å²) < 4.78 is 0. The van der Waals surface area contributed by atoms with Crippen LogP contribution in [0, 0.1) is 0 Å². The highest BCUT2D eigenvalue weighted by Crippen LogP contribution is 2.23. The van der Waals surface area contributed by atoms with E-state index >= 15 is 0 Å². The number of nitrogens with zero attached hydrogens (tertiary/aromatic N) is 2. The van der Waals surface area contributed by atoms with E-state index in [9.17, 15) is 4.79 Å². The van der Waals surface area contributed by atoms with Crippen molar-refractivity contribution in [2.45, 2.75) is 18.1 Å². The Labute approximate surface area is 116 Å². The molecule has 0 saturated carbocycles. The van der Waals surface area contributed by atoms with E-state index in [2.05, 4.69) is 11.2 Å². The van der Waals surface area contributed by atoms with E-state index in [0.717, 1.165) is 25.9 Å². The molecule has 2 rings (SSSR count). The quantitative estimate of drug-likeness (QED) is 0.847. The maximum atomic E-state index is 12.3. The molecular weight excluding hydrogens is 270 g/mol. The number of nitrogens with two attached hydrogens (primary N) is 1. The van der Waals surface area contributed by atoms with E-state index in [1.807, 2.05) is 16.7 Å². The van der Waals surface area contributed by atoms with Crippen molar-refractivity contribution < 1.29 is 4.79 Å². The maximum Gasteiger partial charge on any atom is 0.254 e. The lowest BCUT2D eigenvalue weighted by atomic mass is 10.1. The number of carbonyl (C=O) groups is 1. The number of piperidine rings is 1. The van der Waals surface area contributed by atoms with Crippen molar-refractivity contribution in [3.8, 4) is 0 Å². The standard InChI is InChI=1S/C12H16ClN3OS/c1-18-9-2-4-16(5-3-9)12(17)8-6-10(13)15-11(14)7-8/h6-7,9H,2-5H2,1H3,(H2,14,15). The van der Waals surface area contributed by atoms with E-state index < -0.39 is 0 Å². The minimum atomic E-state index is -0.00875. The fourth-order valence-corrected chi connectivity index (χ4v) is 3.02. The number of likely N-dealkylation sites (tertiary alicyclic amines) is 1. The number of nitrogen functional groups attached to an aromatic ring is 1. The predicted molar refractivity (Wildman–Crippen MR) is 76.1 cm³/mol. The molecule has 0 bridgehead atoms. The van der Waals surface area contributed by atoms with Gasteiger partial charge in [-0.3, -0.25) is 4.79 Å². The van der Waals surface area contributed by atoms with Crippen LogP contribution in [0.2, 0.25) is 5.15 Å². The minimum absolute atomic E-state index is 0.00875. The van der Waals surface area contributed by atoms with Crippen LogP contribution in [0.3, 0.4) is 0 Å². The monoisotopic (exact) mass is 285 g/mol. The third-order valence-corrected chi connectivity index (χ3v) is 4.46. The molecule has 2 N–H and O–H groups in total. The van der Waals surface area contributed by atoms with E-state index in [-0.39, 0.29) is 16.9 Å². The first-order valence-corrected chi connectivity index (χ1v) is 7.52. The van der Waals surface area contributed by atoms with Crippen LogP contribution in [0.5, 0.6) is 0 Å². The van der Waals surface area contributed by atoms with Gasteiger partial charge in [0.25, 0.3) is 5.91 Å². The Hall–Kier alpha value is -0.940. The van der Waals surface area contributed by atoms with E-state index in [1.165, 1.54) is 0 Å². The zero-order valence-corrected chi connectivity index (χ0v) is 11.8. The SMILES string of the molecule is CSC1CCN(C(=O)c2cc(N)nc(Cl)c2)CC1. The van der Waals surface area contributed by atoms with Gasteiger partial charge in [-0.2, -0.15) is 11.8 Å². The van der Waals surface area contributed by atoms with Crippen LogP contribution in [-0.2, 0) is 0 Å². The molecule has 4 nitrogen and oxygen atoms in total. The second kappa shape index (κ2) is 5.80. The van der Waals surface area contributed by atoms with Gasteiger partial charge in [-0.25, -0.2) is 4.98 Å². The van der Waals surface area contributed by atoms with Gasteiger partial charge in [-0.05, 0) is 31.2 Å². The predicted octanol–water partition coefficient (Wildman–Crippen LogP) is 2.28. The molecule has 0 unspecified atom stereocenters. The second-order valence-corrected chi connectivity index (χ2v) is 5.86. The van der Waals surface area contributed by atoms with E-state index in [0.29, 0.717) is 10.8 Å². The molecule has 98 valence electrons. The van der Waals surface area contributed by atoms with Crippen LogP contribution >= 0.6 is 23.4 Å². The molecule has 0 aromatic carbocycles. The van der Waals surface area contributed by atoms with Crippen molar-refractivity contribution in [2.24, 2.45) is 0 Å². The van der Waals surface area contributed by atoms with Gasteiger partial charge in [-0.15, -0.1) is 0 Å². The molecule has 0 spiro atoms. The first-order chi connectivity index (χ1) is 8.60. The summed E-state index contributed by atoms with van der Waals surface area (Å²) in [7, 11) is 0. The number of carbonyl (C=O) groups excluding carboxylic acids is 1. The van der Waals surface area contributed by atoms with Crippen LogP contribution in [0.1, 0.15) is 23.2 Å². The number of thioether (sulfide) groups is 1. The fraction of sp³-hybridized carbons (Fsp3) is 0.500. The van der Waals surface area contributed by atoms with Crippen LogP contribution in [0.4, 0.5) is 5.82 Å². The van der Waals surface area contributed by atoms with Crippen molar-refractivity contribution in [3.05, 3.63) is 22.8 Å². The van der Waals surface area contributed by atoms with Crippen molar-refractivity contribution in [1.29, 1.82) is 0 Å². The molecule has 2 heterocycles. The summed E-state index contributed by atoms with van der Waals surface area (Å²) in [6, 6.07) is 3.15. The number of pyridine rings is 1. The highest BCUT2D eigenvalue weighted by Gasteiger charge is 2.23. The maximum absolute atomic E-state index is 12.3. The summed E-state index contributed by atoms with van der Waals surface area (Å²) in [5.41, 5.74) is 6.12. The van der Waals surface area contributed by atoms with Gasteiger partial charge in [0.1, 0.15) is 11.0 Å². The molecule has 1 aromatic rings. The minimum Gasteiger partial charge on any atom is -0.384 e. The molecular formula is C12H16ClN3OS. The third kappa shape index (κ3) is 3.09. The number of halogens is 1. The number of rotatable bonds is 2. The summed E-state index contributed by atoms with van der Waals surface area (Å²) in [5.74, 6) is 0.274. The Morgan fingerprint density at radius 3 is 2.72 bits per heavy atom. The number of hydrogen-bond donors (Lipinski definition) is 1. The third-order valence-electron chi connectivity index (χ3n) is 3.12. The van der Waals surface area contributed by atoms with Crippen molar-refractivity contribution in [3.63, 3.8) is 0 Å². The molecule has 0 aliphatic carbocycles. The van der Waals surface area contributed by atoms with Gasteiger partial charge >= 0.3 is 0 Å². The summed E-state index contributed by atoms with van der Waals surface area (Å²) in [4.78, 5) is 18.0. The summed E-state index contributed by atoms with van der Waals surface area (Å²) in [6.07, 6.45) is 4.20. The van der Waals surface area contributed by atoms with Crippen molar-refractivity contribution in [2.75, 3.05) is 25.1 Å². The summed E-state index contributed by atoms with van der Waals surface area (Å²) in [6.45, 7) is 1.59. The van der Waals surface area contributed by atoms with Crippen LogP contribution in [0.15, 0.2) is 12.1 Å². The van der Waals surface area contributed by atoms with Gasteiger partial charge < -0.3 is 10.6 Å². The Kier molecular flexibility index (Phi) is 4.35. The smallest absolute Gasteiger partial charge is 0.254 e. The zero-order valence-electron chi connectivity index (χ0n) is 10.2. The van der Waals surface area contributed by atoms with Crippen LogP contribution in [-0.4, -0.2) is 40.4 Å². The van der Waals surface area contributed by atoms with E-state index in [1.54, 1.807) is 12.1 Å². The Balaban J connectivity index is 2.07. The van der Waals surface area contributed by atoms with Gasteiger partial charge in [0.05, 0.1) is 0 Å². The molecule has 1 aliphatic rings. The number of amides is 1. The molecule has 6 heteroatoms. The number of aromatic nitrogens is 1. The number of anilines is 1. The molecule has 1 aromatic heterocycles. The Morgan fingerprint density at radius 2 is 2.17 bits per heavy atom. The average molecular weight is 286 g/mol. The lowest BCUT2D eigenvalue weighted by Gasteiger charge is -2.31. The Bertz CT molecular complexity index is 427. The molecule has 18 heavy (non-hydrogen) atoms. The average Bonchev–Trinajstić information content (AvgIpc) is 2.37. The first kappa shape index (κ1) is 13.5. The van der Waals surface area contributed by atoms with Crippen molar-refractivity contribution in [1.82, 2.24) is 9.88 Å².